The average molecular weight is 1020 g/mol. The molecule has 15 atom stereocenters. The molecule has 3 fully saturated rings. The van der Waals surface area contributed by atoms with Gasteiger partial charge in [-0.3, -0.25) is 0 Å². The van der Waals surface area contributed by atoms with Crippen molar-refractivity contribution >= 4 is 37.4 Å². The zero-order chi connectivity index (χ0) is 51.3. The second-order valence-corrected chi connectivity index (χ2v) is 29.2. The number of hydrogen-bond donors (Lipinski definition) is 6. The first-order valence-corrected chi connectivity index (χ1v) is 28.1. The highest BCUT2D eigenvalue weighted by atomic mass is 28.4. The number of rotatable bonds is 18. The summed E-state index contributed by atoms with van der Waals surface area (Å²) in [5, 5.41) is 73.0. The molecule has 4 aromatic rings. The summed E-state index contributed by atoms with van der Waals surface area (Å²) in [5.41, 5.74) is 0. The Morgan fingerprint density at radius 2 is 0.803 bits per heavy atom. The van der Waals surface area contributed by atoms with Crippen molar-refractivity contribution in [1.29, 1.82) is 0 Å². The van der Waals surface area contributed by atoms with Gasteiger partial charge in [-0.15, -0.1) is 0 Å². The average Bonchev–Trinajstić information content (AvgIpc) is 3.36. The monoisotopic (exact) mass is 1020 g/mol. The molecule has 3 aliphatic rings. The molecule has 71 heavy (non-hydrogen) atoms. The van der Waals surface area contributed by atoms with Gasteiger partial charge in [0.1, 0.15) is 73.2 Å². The summed E-state index contributed by atoms with van der Waals surface area (Å²) >= 11 is 0. The lowest BCUT2D eigenvalue weighted by Gasteiger charge is -2.49. The molecular formula is C53H74O16Si2. The molecule has 0 spiro atoms. The molecule has 0 aromatic heterocycles. The Morgan fingerprint density at radius 1 is 0.408 bits per heavy atom. The van der Waals surface area contributed by atoms with E-state index in [1.54, 1.807) is 0 Å². The summed E-state index contributed by atoms with van der Waals surface area (Å²) in [6, 6.07) is 39.6. The van der Waals surface area contributed by atoms with Gasteiger partial charge in [-0.25, -0.2) is 0 Å². The maximum atomic E-state index is 12.4. The molecule has 0 radical (unpaired) electrons. The van der Waals surface area contributed by atoms with E-state index < -0.39 is 119 Å². The molecule has 7 rings (SSSR count). The first kappa shape index (κ1) is 55.4. The molecule has 3 saturated heterocycles. The van der Waals surface area contributed by atoms with Crippen molar-refractivity contribution < 1.29 is 77.4 Å². The summed E-state index contributed by atoms with van der Waals surface area (Å²) in [6.45, 7) is 11.9. The molecule has 18 heteroatoms. The zero-order valence-electron chi connectivity index (χ0n) is 42.1. The van der Waals surface area contributed by atoms with E-state index >= 15 is 0 Å². The third-order valence-corrected chi connectivity index (χ3v) is 24.2. The van der Waals surface area contributed by atoms with Crippen LogP contribution < -0.4 is 20.7 Å². The van der Waals surface area contributed by atoms with Crippen LogP contribution in [0.1, 0.15) is 41.5 Å². The van der Waals surface area contributed by atoms with Gasteiger partial charge >= 0.3 is 0 Å². The number of aliphatic hydroxyl groups excluding tert-OH is 6. The van der Waals surface area contributed by atoms with Gasteiger partial charge in [0.2, 0.25) is 0 Å². The molecule has 0 saturated carbocycles. The van der Waals surface area contributed by atoms with Crippen molar-refractivity contribution in [1.82, 2.24) is 0 Å². The van der Waals surface area contributed by atoms with Gasteiger partial charge in [-0.05, 0) is 30.8 Å². The lowest BCUT2D eigenvalue weighted by molar-refractivity contribution is -0.364. The highest BCUT2D eigenvalue weighted by Gasteiger charge is 2.56. The van der Waals surface area contributed by atoms with E-state index in [0.29, 0.717) is 0 Å². The molecule has 0 bridgehead atoms. The summed E-state index contributed by atoms with van der Waals surface area (Å²) in [7, 11) is -2.11. The van der Waals surface area contributed by atoms with E-state index in [9.17, 15) is 30.6 Å². The van der Waals surface area contributed by atoms with Crippen molar-refractivity contribution in [3.8, 4) is 0 Å². The van der Waals surface area contributed by atoms with Crippen LogP contribution in [0, 0.1) is 0 Å². The molecule has 3 aliphatic heterocycles. The smallest absolute Gasteiger partial charge is 0.261 e. The van der Waals surface area contributed by atoms with Crippen LogP contribution in [0.15, 0.2) is 121 Å². The lowest BCUT2D eigenvalue weighted by atomic mass is 9.96. The predicted molar refractivity (Wildman–Crippen MR) is 269 cm³/mol. The van der Waals surface area contributed by atoms with Gasteiger partial charge in [0, 0.05) is 21.3 Å². The number of ether oxygens (including phenoxy) is 8. The van der Waals surface area contributed by atoms with Gasteiger partial charge < -0.3 is 77.4 Å². The highest BCUT2D eigenvalue weighted by molar-refractivity contribution is 7.00. The Balaban J connectivity index is 1.20. The fraction of sp³-hybridized carbons (Fsp3) is 0.547. The second-order valence-electron chi connectivity index (χ2n) is 20.6. The fourth-order valence-corrected chi connectivity index (χ4v) is 19.8. The first-order chi connectivity index (χ1) is 33.8. The zero-order valence-corrected chi connectivity index (χ0v) is 44.1. The molecule has 4 aromatic carbocycles. The van der Waals surface area contributed by atoms with Crippen molar-refractivity contribution in [2.24, 2.45) is 0 Å². The highest BCUT2D eigenvalue weighted by Crippen LogP contribution is 2.40. The van der Waals surface area contributed by atoms with Gasteiger partial charge in [0.15, 0.2) is 18.9 Å². The van der Waals surface area contributed by atoms with Crippen molar-refractivity contribution in [2.75, 3.05) is 41.2 Å². The topological polar surface area (TPSA) is 214 Å². The Kier molecular flexibility index (Phi) is 18.3. The molecule has 6 N–H and O–H groups in total. The molecule has 0 unspecified atom stereocenters. The first-order valence-electron chi connectivity index (χ1n) is 24.2. The van der Waals surface area contributed by atoms with Gasteiger partial charge in [-0.2, -0.15) is 0 Å². The standard InChI is InChI=1S/C53H74O16Si2/c1-52(2,3)70(33-22-14-10-15-23-33,34-24-16-11-17-25-34)64-31-37-40(54)42(56)43(57)51(68-37)69-46-41(55)38(32-65-71(53(4,5)6,35-26-18-12-19-27-35)36-28-20-13-21-29-36)67-50(44(46)58)63-30-39-45(60-7)47(61-8)48(62-9)49(59)66-39/h10-29,37-51,54-59H,30-32H2,1-9H3/t37-,38-,39-,40-,41-,42+,43+,44+,45-,46+,47+,48-,49+,50+,51-/m1/s1. The fourth-order valence-electron chi connectivity index (χ4n) is 10.6. The minimum atomic E-state index is -3.24. The Labute approximate surface area is 419 Å². The maximum Gasteiger partial charge on any atom is 0.261 e. The second kappa shape index (κ2) is 23.5. The largest absolute Gasteiger partial charge is 0.405 e. The molecule has 16 nitrogen and oxygen atoms in total. The quantitative estimate of drug-likeness (QED) is 0.0781. The van der Waals surface area contributed by atoms with Crippen molar-refractivity contribution in [3.63, 3.8) is 0 Å². The Bertz CT molecular complexity index is 2140. The molecule has 0 aliphatic carbocycles. The molecular weight excluding hydrogens is 949 g/mol. The van der Waals surface area contributed by atoms with Crippen molar-refractivity contribution in [2.45, 2.75) is 144 Å². The minimum absolute atomic E-state index is 0.216. The van der Waals surface area contributed by atoms with Crippen molar-refractivity contribution in [3.05, 3.63) is 121 Å². The third kappa shape index (κ3) is 11.2. The summed E-state index contributed by atoms with van der Waals surface area (Å²) in [5.74, 6) is 0. The number of hydrogen-bond acceptors (Lipinski definition) is 16. The van der Waals surface area contributed by atoms with E-state index in [0.717, 1.165) is 20.7 Å². The van der Waals surface area contributed by atoms with E-state index in [4.69, 9.17) is 46.7 Å². The Hall–Kier alpha value is -3.33. The van der Waals surface area contributed by atoms with Crippen LogP contribution in [-0.4, -0.2) is 181 Å². The number of methoxy groups -OCH3 is 3. The van der Waals surface area contributed by atoms with E-state index in [-0.39, 0.29) is 19.8 Å². The summed E-state index contributed by atoms with van der Waals surface area (Å²) in [4.78, 5) is 0. The predicted octanol–water partition coefficient (Wildman–Crippen LogP) is 1.56. The SMILES string of the molecule is CO[C@@H]1[C@@H](OC)[C@@H](O)O[C@H](CO[C@H]2O[C@H](CO[Si](c3ccccc3)(c3ccccc3)C(C)(C)C)[C@@H](O)[C@H](O[C@H]3O[C@H](CO[Si](c4ccccc4)(c4ccccc4)C(C)(C)C)[C@@H](O)[C@H](O)[C@@H]3O)[C@@H]2O)[C@H]1OC. The van der Waals surface area contributed by atoms with Crippen LogP contribution in [-0.2, 0) is 46.7 Å². The van der Waals surface area contributed by atoms with Crippen LogP contribution in [0.5, 0.6) is 0 Å². The molecule has 390 valence electrons. The van der Waals surface area contributed by atoms with Crippen LogP contribution in [0.2, 0.25) is 10.1 Å². The number of benzene rings is 4. The number of aliphatic hydroxyl groups is 6. The molecule has 3 heterocycles. The van der Waals surface area contributed by atoms with Gasteiger partial charge in [0.25, 0.3) is 16.6 Å². The normalized spacial score (nSPS) is 32.1. The molecule has 0 amide bonds. The van der Waals surface area contributed by atoms with Crippen LogP contribution in [0.4, 0.5) is 0 Å². The van der Waals surface area contributed by atoms with Crippen LogP contribution in [0.25, 0.3) is 0 Å². The third-order valence-electron chi connectivity index (χ3n) is 14.2. The van der Waals surface area contributed by atoms with Crippen LogP contribution in [0.3, 0.4) is 0 Å². The maximum absolute atomic E-state index is 12.4. The minimum Gasteiger partial charge on any atom is -0.405 e. The van der Waals surface area contributed by atoms with Gasteiger partial charge in [0.05, 0.1) is 19.8 Å². The van der Waals surface area contributed by atoms with Crippen LogP contribution >= 0.6 is 0 Å². The summed E-state index contributed by atoms with van der Waals surface area (Å²) in [6.07, 6.45) is -20.9. The Morgan fingerprint density at radius 3 is 1.20 bits per heavy atom. The van der Waals surface area contributed by atoms with E-state index in [1.165, 1.54) is 21.3 Å². The lowest BCUT2D eigenvalue weighted by Crippen LogP contribution is -2.69. The van der Waals surface area contributed by atoms with E-state index in [2.05, 4.69) is 41.5 Å². The summed E-state index contributed by atoms with van der Waals surface area (Å²) < 4.78 is 62.6. The van der Waals surface area contributed by atoms with Gasteiger partial charge in [-0.1, -0.05) is 163 Å². The van der Waals surface area contributed by atoms with E-state index in [1.807, 2.05) is 121 Å².